The molecule has 2 heterocycles. The Bertz CT molecular complexity index is 831. The van der Waals surface area contributed by atoms with Crippen LogP contribution in [0.3, 0.4) is 0 Å². The lowest BCUT2D eigenvalue weighted by Crippen LogP contribution is -2.46. The highest BCUT2D eigenvalue weighted by atomic mass is 35.5. The molecular weight excluding hydrogens is 398 g/mol. The maximum atomic E-state index is 13.0. The predicted octanol–water partition coefficient (Wildman–Crippen LogP) is 1.19. The Morgan fingerprint density at radius 1 is 0.846 bits per heavy atom. The molecule has 148 valence electrons. The first-order valence-corrected chi connectivity index (χ1v) is 11.5. The number of sulfonamides is 2. The third kappa shape index (κ3) is 4.23. The number of hydrogen-bond acceptors (Lipinski definition) is 5. The molecule has 3 rings (SSSR count). The lowest BCUT2D eigenvalue weighted by atomic mass is 10.2. The summed E-state index contributed by atoms with van der Waals surface area (Å²) < 4.78 is 54.5. The summed E-state index contributed by atoms with van der Waals surface area (Å²) in [4.78, 5) is 0.154. The van der Waals surface area contributed by atoms with Crippen LogP contribution in [0.15, 0.2) is 28.0 Å². The molecule has 1 aromatic carbocycles. The van der Waals surface area contributed by atoms with Gasteiger partial charge in [-0.1, -0.05) is 12.5 Å². The van der Waals surface area contributed by atoms with Gasteiger partial charge in [0, 0.05) is 39.3 Å². The second-order valence-corrected chi connectivity index (χ2v) is 10.4. The van der Waals surface area contributed by atoms with E-state index in [9.17, 15) is 16.8 Å². The highest BCUT2D eigenvalue weighted by Gasteiger charge is 2.31. The van der Waals surface area contributed by atoms with Crippen LogP contribution in [0.1, 0.15) is 24.8 Å². The molecule has 0 spiro atoms. The minimum absolute atomic E-state index is 0. The van der Waals surface area contributed by atoms with E-state index in [0.717, 1.165) is 19.3 Å². The number of nitrogens with zero attached hydrogens (tertiary/aromatic N) is 2. The zero-order valence-corrected chi connectivity index (χ0v) is 17.3. The van der Waals surface area contributed by atoms with Crippen LogP contribution in [0.5, 0.6) is 0 Å². The van der Waals surface area contributed by atoms with Gasteiger partial charge in [0.15, 0.2) is 0 Å². The van der Waals surface area contributed by atoms with E-state index in [1.807, 2.05) is 0 Å². The van der Waals surface area contributed by atoms with Crippen LogP contribution >= 0.6 is 12.4 Å². The first kappa shape index (κ1) is 21.6. The van der Waals surface area contributed by atoms with Gasteiger partial charge < -0.3 is 5.32 Å². The van der Waals surface area contributed by atoms with Crippen LogP contribution < -0.4 is 5.32 Å². The van der Waals surface area contributed by atoms with E-state index in [1.54, 1.807) is 13.0 Å². The molecule has 0 radical (unpaired) electrons. The largest absolute Gasteiger partial charge is 0.314 e. The second kappa shape index (κ2) is 8.53. The van der Waals surface area contributed by atoms with E-state index in [4.69, 9.17) is 0 Å². The van der Waals surface area contributed by atoms with Crippen molar-refractivity contribution in [2.24, 2.45) is 0 Å². The lowest BCUT2D eigenvalue weighted by molar-refractivity contribution is 0.346. The summed E-state index contributed by atoms with van der Waals surface area (Å²) in [6.07, 6.45) is 2.72. The lowest BCUT2D eigenvalue weighted by Gasteiger charge is -2.28. The summed E-state index contributed by atoms with van der Waals surface area (Å²) in [6.45, 7) is 4.69. The Kier molecular flexibility index (Phi) is 7.09. The van der Waals surface area contributed by atoms with Crippen molar-refractivity contribution < 1.29 is 16.8 Å². The van der Waals surface area contributed by atoms with Gasteiger partial charge in [-0.3, -0.25) is 0 Å². The molecule has 2 aliphatic heterocycles. The van der Waals surface area contributed by atoms with E-state index < -0.39 is 20.0 Å². The number of piperazine rings is 1. The highest BCUT2D eigenvalue weighted by Crippen LogP contribution is 2.27. The maximum Gasteiger partial charge on any atom is 0.243 e. The van der Waals surface area contributed by atoms with E-state index in [-0.39, 0.29) is 22.2 Å². The number of nitrogens with one attached hydrogen (secondary N) is 1. The fourth-order valence-corrected chi connectivity index (χ4v) is 6.61. The normalized spacial score (nSPS) is 20.5. The van der Waals surface area contributed by atoms with Crippen LogP contribution in [0, 0.1) is 6.92 Å². The number of hydrogen-bond donors (Lipinski definition) is 1. The molecule has 0 amide bonds. The molecular formula is C16H26ClN3O4S2. The summed E-state index contributed by atoms with van der Waals surface area (Å²) in [6, 6.07) is 4.42. The molecule has 0 saturated carbocycles. The van der Waals surface area contributed by atoms with Crippen molar-refractivity contribution in [3.63, 3.8) is 0 Å². The Morgan fingerprint density at radius 2 is 1.42 bits per heavy atom. The molecule has 0 aromatic heterocycles. The number of piperidine rings is 1. The van der Waals surface area contributed by atoms with Crippen molar-refractivity contribution in [2.75, 3.05) is 39.3 Å². The Morgan fingerprint density at radius 3 is 2.04 bits per heavy atom. The van der Waals surface area contributed by atoms with E-state index in [1.165, 1.54) is 20.7 Å². The molecule has 0 atom stereocenters. The first-order chi connectivity index (χ1) is 11.8. The zero-order valence-electron chi connectivity index (χ0n) is 14.8. The summed E-state index contributed by atoms with van der Waals surface area (Å²) >= 11 is 0. The van der Waals surface area contributed by atoms with Crippen LogP contribution in [-0.2, 0) is 20.0 Å². The molecule has 1 aromatic rings. The monoisotopic (exact) mass is 423 g/mol. The number of aryl methyl sites for hydroxylation is 1. The topological polar surface area (TPSA) is 86.8 Å². The molecule has 0 aliphatic carbocycles. The standard InChI is InChI=1S/C16H25N3O4S2.ClH/c1-14-5-6-15(24(20,21)19-11-7-17-8-12-19)13-16(14)25(22,23)18-9-3-2-4-10-18;/h5-6,13,17H,2-4,7-12H2,1H3;1H. The minimum atomic E-state index is -3.68. The SMILES string of the molecule is Cc1ccc(S(=O)(=O)N2CCNCC2)cc1S(=O)(=O)N1CCCCC1.Cl. The Balaban J connectivity index is 0.00000243. The van der Waals surface area contributed by atoms with Gasteiger partial charge in [-0.25, -0.2) is 16.8 Å². The fourth-order valence-electron chi connectivity index (χ4n) is 3.30. The van der Waals surface area contributed by atoms with Crippen LogP contribution in [-0.4, -0.2) is 64.7 Å². The molecule has 0 unspecified atom stereocenters. The van der Waals surface area contributed by atoms with Gasteiger partial charge in [0.05, 0.1) is 9.79 Å². The van der Waals surface area contributed by atoms with Crippen molar-refractivity contribution in [1.29, 1.82) is 0 Å². The molecule has 10 heteroatoms. The maximum absolute atomic E-state index is 13.0. The number of benzene rings is 1. The van der Waals surface area contributed by atoms with Gasteiger partial charge in [-0.2, -0.15) is 8.61 Å². The zero-order chi connectivity index (χ0) is 18.1. The van der Waals surface area contributed by atoms with Gasteiger partial charge in [-0.05, 0) is 37.5 Å². The predicted molar refractivity (Wildman–Crippen MR) is 103 cm³/mol. The number of rotatable bonds is 4. The van der Waals surface area contributed by atoms with Crippen molar-refractivity contribution in [2.45, 2.75) is 36.0 Å². The third-order valence-corrected chi connectivity index (χ3v) is 8.74. The molecule has 0 bridgehead atoms. The smallest absolute Gasteiger partial charge is 0.243 e. The Hall–Kier alpha value is -0.710. The molecule has 2 aliphatic rings. The highest BCUT2D eigenvalue weighted by molar-refractivity contribution is 7.90. The molecule has 2 saturated heterocycles. The van der Waals surface area contributed by atoms with Crippen molar-refractivity contribution in [1.82, 2.24) is 13.9 Å². The number of halogens is 1. The second-order valence-electron chi connectivity index (χ2n) is 6.55. The van der Waals surface area contributed by atoms with E-state index in [2.05, 4.69) is 5.32 Å². The van der Waals surface area contributed by atoms with Crippen molar-refractivity contribution in [3.8, 4) is 0 Å². The van der Waals surface area contributed by atoms with Crippen molar-refractivity contribution >= 4 is 32.5 Å². The van der Waals surface area contributed by atoms with Gasteiger partial charge in [-0.15, -0.1) is 12.4 Å². The minimum Gasteiger partial charge on any atom is -0.314 e. The summed E-state index contributed by atoms with van der Waals surface area (Å²) in [5, 5.41) is 3.12. The van der Waals surface area contributed by atoms with Crippen LogP contribution in [0.4, 0.5) is 0 Å². The summed E-state index contributed by atoms with van der Waals surface area (Å²) in [7, 11) is -7.35. The molecule has 7 nitrogen and oxygen atoms in total. The van der Waals surface area contributed by atoms with Crippen LogP contribution in [0.2, 0.25) is 0 Å². The molecule has 26 heavy (non-hydrogen) atoms. The van der Waals surface area contributed by atoms with E-state index in [0.29, 0.717) is 44.8 Å². The molecule has 1 N–H and O–H groups in total. The fraction of sp³-hybridized carbons (Fsp3) is 0.625. The van der Waals surface area contributed by atoms with Crippen molar-refractivity contribution in [3.05, 3.63) is 23.8 Å². The van der Waals surface area contributed by atoms with Gasteiger partial charge >= 0.3 is 0 Å². The third-order valence-electron chi connectivity index (χ3n) is 4.81. The quantitative estimate of drug-likeness (QED) is 0.785. The first-order valence-electron chi connectivity index (χ1n) is 8.65. The Labute approximate surface area is 162 Å². The van der Waals surface area contributed by atoms with Gasteiger partial charge in [0.2, 0.25) is 20.0 Å². The summed E-state index contributed by atoms with van der Waals surface area (Å²) in [5.74, 6) is 0. The summed E-state index contributed by atoms with van der Waals surface area (Å²) in [5.41, 5.74) is 0.574. The van der Waals surface area contributed by atoms with Crippen LogP contribution in [0.25, 0.3) is 0 Å². The average Bonchev–Trinajstić information content (AvgIpc) is 2.63. The van der Waals surface area contributed by atoms with E-state index >= 15 is 0 Å². The van der Waals surface area contributed by atoms with Gasteiger partial charge in [0.25, 0.3) is 0 Å². The van der Waals surface area contributed by atoms with Gasteiger partial charge in [0.1, 0.15) is 0 Å². The average molecular weight is 424 g/mol. The molecule has 2 fully saturated rings.